The van der Waals surface area contributed by atoms with Gasteiger partial charge in [-0.1, -0.05) is 12.1 Å². The highest BCUT2D eigenvalue weighted by molar-refractivity contribution is 5.97. The second-order valence-electron chi connectivity index (χ2n) is 5.33. The van der Waals surface area contributed by atoms with Crippen LogP contribution in [-0.4, -0.2) is 40.9 Å². The quantitative estimate of drug-likeness (QED) is 0.638. The Labute approximate surface area is 127 Å². The molecule has 1 aromatic carbocycles. The van der Waals surface area contributed by atoms with Crippen molar-refractivity contribution in [3.8, 4) is 0 Å². The zero-order valence-corrected chi connectivity index (χ0v) is 12.5. The topological polar surface area (TPSA) is 105 Å². The molecule has 2 amide bonds. The minimum absolute atomic E-state index is 0.0873. The summed E-state index contributed by atoms with van der Waals surface area (Å²) in [6, 6.07) is 4.66. The number of nitro benzene ring substituents is 1. The molecule has 1 saturated heterocycles. The maximum Gasteiger partial charge on any atom is 0.293 e. The molecule has 118 valence electrons. The highest BCUT2D eigenvalue weighted by Crippen LogP contribution is 2.27. The summed E-state index contributed by atoms with van der Waals surface area (Å²) in [5.74, 6) is -0.567. The van der Waals surface area contributed by atoms with Gasteiger partial charge in [0, 0.05) is 18.5 Å². The van der Waals surface area contributed by atoms with Gasteiger partial charge in [-0.15, -0.1) is 0 Å². The van der Waals surface area contributed by atoms with Gasteiger partial charge in [-0.2, -0.15) is 0 Å². The van der Waals surface area contributed by atoms with E-state index in [1.54, 1.807) is 19.1 Å². The number of hydrogen-bond acceptors (Lipinski definition) is 5. The van der Waals surface area contributed by atoms with Gasteiger partial charge < -0.3 is 10.2 Å². The summed E-state index contributed by atoms with van der Waals surface area (Å²) in [5, 5.41) is 16.6. The second kappa shape index (κ2) is 6.52. The Bertz CT molecular complexity index is 617. The van der Waals surface area contributed by atoms with Crippen molar-refractivity contribution in [1.29, 1.82) is 0 Å². The number of carbonyl (C=O) groups is 2. The minimum Gasteiger partial charge on any atom is -0.321 e. The normalized spacial score (nSPS) is 18.2. The number of benzene rings is 1. The van der Waals surface area contributed by atoms with E-state index in [-0.39, 0.29) is 29.9 Å². The Hall–Kier alpha value is -2.48. The smallest absolute Gasteiger partial charge is 0.293 e. The average Bonchev–Trinajstić information content (AvgIpc) is 2.44. The summed E-state index contributed by atoms with van der Waals surface area (Å²) in [6.07, 6.45) is 0.331. The van der Waals surface area contributed by atoms with Crippen LogP contribution in [0, 0.1) is 17.0 Å². The van der Waals surface area contributed by atoms with Gasteiger partial charge in [-0.25, -0.2) is 0 Å². The van der Waals surface area contributed by atoms with Crippen molar-refractivity contribution in [2.24, 2.45) is 0 Å². The lowest BCUT2D eigenvalue weighted by Crippen LogP contribution is -2.51. The molecular weight excluding hydrogens is 288 g/mol. The summed E-state index contributed by atoms with van der Waals surface area (Å²) in [5.41, 5.74) is 0.604. The molecule has 1 aromatic rings. The first-order valence-corrected chi connectivity index (χ1v) is 6.93. The van der Waals surface area contributed by atoms with E-state index in [0.29, 0.717) is 18.7 Å². The van der Waals surface area contributed by atoms with Crippen molar-refractivity contribution in [2.45, 2.75) is 26.3 Å². The standard InChI is InChI=1S/C14H18N4O4/c1-9-4-3-5-11(18(21)22)14(9)16-12(19)7-17-8-15-10(2)6-13(17)20/h3-5,10,15H,6-8H2,1-2H3,(H,16,19). The van der Waals surface area contributed by atoms with Crippen LogP contribution in [0.15, 0.2) is 18.2 Å². The van der Waals surface area contributed by atoms with Crippen molar-refractivity contribution < 1.29 is 14.5 Å². The van der Waals surface area contributed by atoms with Crippen LogP contribution in [-0.2, 0) is 9.59 Å². The highest BCUT2D eigenvalue weighted by atomic mass is 16.6. The van der Waals surface area contributed by atoms with Gasteiger partial charge in [0.05, 0.1) is 11.6 Å². The molecule has 8 nitrogen and oxygen atoms in total. The van der Waals surface area contributed by atoms with Crippen LogP contribution in [0.5, 0.6) is 0 Å². The third-order valence-electron chi connectivity index (χ3n) is 3.51. The number of rotatable bonds is 4. The van der Waals surface area contributed by atoms with Crippen LogP contribution in [0.1, 0.15) is 18.9 Å². The Kier molecular flexibility index (Phi) is 4.71. The Morgan fingerprint density at radius 3 is 2.91 bits per heavy atom. The number of nitrogens with one attached hydrogen (secondary N) is 2. The fourth-order valence-corrected chi connectivity index (χ4v) is 2.28. The highest BCUT2D eigenvalue weighted by Gasteiger charge is 2.25. The summed E-state index contributed by atoms with van der Waals surface area (Å²) >= 11 is 0. The average molecular weight is 306 g/mol. The fraction of sp³-hybridized carbons (Fsp3) is 0.429. The number of nitro groups is 1. The number of para-hydroxylation sites is 1. The summed E-state index contributed by atoms with van der Waals surface area (Å²) in [4.78, 5) is 35.8. The first kappa shape index (κ1) is 15.9. The number of nitrogens with zero attached hydrogens (tertiary/aromatic N) is 2. The van der Waals surface area contributed by atoms with Gasteiger partial charge in [-0.05, 0) is 19.4 Å². The molecule has 1 aliphatic heterocycles. The van der Waals surface area contributed by atoms with E-state index in [9.17, 15) is 19.7 Å². The van der Waals surface area contributed by atoms with E-state index in [1.807, 2.05) is 6.92 Å². The minimum atomic E-state index is -0.544. The van der Waals surface area contributed by atoms with Gasteiger partial charge in [0.1, 0.15) is 12.2 Å². The zero-order chi connectivity index (χ0) is 16.3. The Morgan fingerprint density at radius 1 is 1.55 bits per heavy atom. The fourth-order valence-electron chi connectivity index (χ4n) is 2.28. The molecule has 2 N–H and O–H groups in total. The van der Waals surface area contributed by atoms with E-state index in [1.165, 1.54) is 11.0 Å². The molecular formula is C14H18N4O4. The van der Waals surface area contributed by atoms with Gasteiger partial charge in [0.2, 0.25) is 11.8 Å². The largest absolute Gasteiger partial charge is 0.321 e. The molecule has 22 heavy (non-hydrogen) atoms. The van der Waals surface area contributed by atoms with Crippen LogP contribution in [0.2, 0.25) is 0 Å². The van der Waals surface area contributed by atoms with Gasteiger partial charge in [-0.3, -0.25) is 25.0 Å². The molecule has 1 fully saturated rings. The lowest BCUT2D eigenvalue weighted by molar-refractivity contribution is -0.384. The summed E-state index contributed by atoms with van der Waals surface area (Å²) in [7, 11) is 0. The molecule has 1 aliphatic rings. The first-order valence-electron chi connectivity index (χ1n) is 6.93. The molecule has 0 aliphatic carbocycles. The number of hydrogen-bond donors (Lipinski definition) is 2. The van der Waals surface area contributed by atoms with Crippen molar-refractivity contribution in [3.05, 3.63) is 33.9 Å². The van der Waals surface area contributed by atoms with E-state index in [0.717, 1.165) is 0 Å². The number of anilines is 1. The molecule has 0 bridgehead atoms. The number of amides is 2. The molecule has 1 unspecified atom stereocenters. The molecule has 0 spiro atoms. The van der Waals surface area contributed by atoms with E-state index in [2.05, 4.69) is 10.6 Å². The van der Waals surface area contributed by atoms with Gasteiger partial charge >= 0.3 is 0 Å². The molecule has 2 rings (SSSR count). The molecule has 8 heteroatoms. The van der Waals surface area contributed by atoms with E-state index in [4.69, 9.17) is 0 Å². The van der Waals surface area contributed by atoms with Crippen molar-refractivity contribution in [3.63, 3.8) is 0 Å². The zero-order valence-electron chi connectivity index (χ0n) is 12.5. The lowest BCUT2D eigenvalue weighted by atomic mass is 10.1. The SMILES string of the molecule is Cc1cccc([N+](=O)[O-])c1NC(=O)CN1CNC(C)CC1=O. The maximum atomic E-state index is 12.1. The van der Waals surface area contributed by atoms with Gasteiger partial charge in [0.15, 0.2) is 0 Å². The van der Waals surface area contributed by atoms with Crippen LogP contribution in [0.4, 0.5) is 11.4 Å². The van der Waals surface area contributed by atoms with Crippen LogP contribution < -0.4 is 10.6 Å². The van der Waals surface area contributed by atoms with Crippen molar-refractivity contribution >= 4 is 23.2 Å². The van der Waals surface area contributed by atoms with Crippen molar-refractivity contribution in [1.82, 2.24) is 10.2 Å². The Balaban J connectivity index is 2.07. The molecule has 1 atom stereocenters. The Morgan fingerprint density at radius 2 is 2.27 bits per heavy atom. The number of aryl methyl sites for hydroxylation is 1. The third-order valence-corrected chi connectivity index (χ3v) is 3.51. The van der Waals surface area contributed by atoms with Crippen molar-refractivity contribution in [2.75, 3.05) is 18.5 Å². The lowest BCUT2D eigenvalue weighted by Gasteiger charge is -2.30. The number of carbonyl (C=O) groups excluding carboxylic acids is 2. The molecule has 1 heterocycles. The summed E-state index contributed by atoms with van der Waals surface area (Å²) in [6.45, 7) is 3.73. The van der Waals surface area contributed by atoms with E-state index < -0.39 is 10.8 Å². The maximum absolute atomic E-state index is 12.1. The van der Waals surface area contributed by atoms with Crippen LogP contribution >= 0.6 is 0 Å². The summed E-state index contributed by atoms with van der Waals surface area (Å²) < 4.78 is 0. The van der Waals surface area contributed by atoms with Crippen LogP contribution in [0.25, 0.3) is 0 Å². The van der Waals surface area contributed by atoms with E-state index >= 15 is 0 Å². The first-order chi connectivity index (χ1) is 10.4. The van der Waals surface area contributed by atoms with Gasteiger partial charge in [0.25, 0.3) is 5.69 Å². The molecule has 0 saturated carbocycles. The second-order valence-corrected chi connectivity index (χ2v) is 5.33. The molecule has 0 radical (unpaired) electrons. The van der Waals surface area contributed by atoms with Crippen LogP contribution in [0.3, 0.4) is 0 Å². The third kappa shape index (κ3) is 3.59. The monoisotopic (exact) mass is 306 g/mol. The predicted octanol–water partition coefficient (Wildman–Crippen LogP) is 1.01. The molecule has 0 aromatic heterocycles. The predicted molar refractivity (Wildman–Crippen MR) is 80.3 cm³/mol.